The number of aryl methyl sites for hydroxylation is 2. The highest BCUT2D eigenvalue weighted by molar-refractivity contribution is 6.44. The molecule has 1 fully saturated rings. The van der Waals surface area contributed by atoms with Gasteiger partial charge in [-0.05, 0) is 32.3 Å². The summed E-state index contributed by atoms with van der Waals surface area (Å²) in [6.45, 7) is 5.03. The van der Waals surface area contributed by atoms with Crippen molar-refractivity contribution in [3.05, 3.63) is 38.9 Å². The molecule has 0 radical (unpaired) electrons. The van der Waals surface area contributed by atoms with E-state index in [1.54, 1.807) is 13.0 Å². The van der Waals surface area contributed by atoms with Gasteiger partial charge in [0.25, 0.3) is 5.91 Å². The van der Waals surface area contributed by atoms with Crippen LogP contribution in [0.15, 0.2) is 6.07 Å². The average molecular weight is 440 g/mol. The number of rotatable bonds is 5. The van der Waals surface area contributed by atoms with Crippen LogP contribution in [0.1, 0.15) is 52.1 Å². The Labute approximate surface area is 178 Å². The molecule has 3 heterocycles. The van der Waals surface area contributed by atoms with Gasteiger partial charge in [-0.1, -0.05) is 30.1 Å². The quantitative estimate of drug-likeness (QED) is 0.693. The molecule has 0 aliphatic carbocycles. The molecule has 1 aliphatic rings. The summed E-state index contributed by atoms with van der Waals surface area (Å²) in [4.78, 5) is 38.2. The molecule has 0 bridgehead atoms. The second-order valence-corrected chi connectivity index (χ2v) is 7.63. The highest BCUT2D eigenvalue weighted by Crippen LogP contribution is 2.29. The third-order valence-corrected chi connectivity index (χ3v) is 5.87. The second-order valence-electron chi connectivity index (χ2n) is 6.88. The van der Waals surface area contributed by atoms with Crippen molar-refractivity contribution in [2.45, 2.75) is 39.2 Å². The molecule has 3 rings (SSSR count). The number of nitrogens with one attached hydrogen (secondary N) is 2. The molecule has 1 aliphatic heterocycles. The maximum absolute atomic E-state index is 12.5. The molecule has 0 saturated carbocycles. The highest BCUT2D eigenvalue weighted by atomic mass is 35.5. The van der Waals surface area contributed by atoms with E-state index in [2.05, 4.69) is 20.3 Å². The van der Waals surface area contributed by atoms with E-state index < -0.39 is 5.97 Å². The molecular formula is C19H23Cl2N5O3. The lowest BCUT2D eigenvalue weighted by molar-refractivity contribution is 0.0593. The number of hydrogen-bond donors (Lipinski definition) is 2. The minimum absolute atomic E-state index is 0.00775. The predicted octanol–water partition coefficient (Wildman–Crippen LogP) is 3.17. The zero-order chi connectivity index (χ0) is 21.1. The Kier molecular flexibility index (Phi) is 6.64. The van der Waals surface area contributed by atoms with Crippen molar-refractivity contribution in [3.63, 3.8) is 0 Å². The molecule has 2 aromatic heterocycles. The van der Waals surface area contributed by atoms with Gasteiger partial charge in [-0.15, -0.1) is 0 Å². The number of carbonyl (C=O) groups is 2. The predicted molar refractivity (Wildman–Crippen MR) is 111 cm³/mol. The van der Waals surface area contributed by atoms with Crippen molar-refractivity contribution in [2.75, 3.05) is 25.1 Å². The zero-order valence-electron chi connectivity index (χ0n) is 16.5. The van der Waals surface area contributed by atoms with Crippen molar-refractivity contribution in [2.24, 2.45) is 0 Å². The third kappa shape index (κ3) is 4.64. The lowest BCUT2D eigenvalue weighted by Crippen LogP contribution is -2.45. The zero-order valence-corrected chi connectivity index (χ0v) is 18.0. The number of piperidine rings is 1. The van der Waals surface area contributed by atoms with Crippen LogP contribution in [0.4, 0.5) is 5.95 Å². The topological polar surface area (TPSA) is 100 Å². The Balaban J connectivity index is 1.65. The van der Waals surface area contributed by atoms with Crippen molar-refractivity contribution in [1.29, 1.82) is 0 Å². The Morgan fingerprint density at radius 3 is 2.52 bits per heavy atom. The molecule has 0 spiro atoms. The van der Waals surface area contributed by atoms with Gasteiger partial charge in [0.1, 0.15) is 5.69 Å². The summed E-state index contributed by atoms with van der Waals surface area (Å²) in [5, 5.41) is 3.59. The van der Waals surface area contributed by atoms with Crippen LogP contribution in [0.3, 0.4) is 0 Å². The number of amides is 1. The first-order valence-corrected chi connectivity index (χ1v) is 10.1. The molecule has 1 saturated heterocycles. The van der Waals surface area contributed by atoms with Crippen LogP contribution < -0.4 is 10.2 Å². The van der Waals surface area contributed by atoms with Crippen LogP contribution in [0.5, 0.6) is 0 Å². The van der Waals surface area contributed by atoms with Gasteiger partial charge >= 0.3 is 5.97 Å². The van der Waals surface area contributed by atoms with E-state index in [1.807, 2.05) is 11.8 Å². The van der Waals surface area contributed by atoms with E-state index in [9.17, 15) is 9.59 Å². The van der Waals surface area contributed by atoms with E-state index in [4.69, 9.17) is 27.9 Å². The lowest BCUT2D eigenvalue weighted by Gasteiger charge is -2.32. The van der Waals surface area contributed by atoms with Gasteiger partial charge in [-0.3, -0.25) is 4.79 Å². The number of methoxy groups -OCH3 is 1. The summed E-state index contributed by atoms with van der Waals surface area (Å²) < 4.78 is 4.78. The summed E-state index contributed by atoms with van der Waals surface area (Å²) in [5.41, 5.74) is 1.96. The summed E-state index contributed by atoms with van der Waals surface area (Å²) >= 11 is 12.2. The van der Waals surface area contributed by atoms with Gasteiger partial charge in [-0.2, -0.15) is 0 Å². The Morgan fingerprint density at radius 2 is 1.97 bits per heavy atom. The summed E-state index contributed by atoms with van der Waals surface area (Å²) in [5.74, 6) is -0.257. The second kappa shape index (κ2) is 9.00. The average Bonchev–Trinajstić information content (AvgIpc) is 3.00. The number of H-pyrrole nitrogens is 1. The van der Waals surface area contributed by atoms with Crippen molar-refractivity contribution in [1.82, 2.24) is 20.3 Å². The van der Waals surface area contributed by atoms with E-state index in [0.717, 1.165) is 5.69 Å². The Hall–Kier alpha value is -2.32. The van der Waals surface area contributed by atoms with Gasteiger partial charge in [0.05, 0.1) is 17.2 Å². The van der Waals surface area contributed by atoms with Crippen LogP contribution in [0.25, 0.3) is 0 Å². The largest absolute Gasteiger partial charge is 0.464 e. The van der Waals surface area contributed by atoms with Gasteiger partial charge in [0.15, 0.2) is 5.69 Å². The monoisotopic (exact) mass is 439 g/mol. The lowest BCUT2D eigenvalue weighted by atomic mass is 10.1. The number of nitrogens with zero attached hydrogens (tertiary/aromatic N) is 3. The van der Waals surface area contributed by atoms with E-state index in [-0.39, 0.29) is 28.4 Å². The molecular weight excluding hydrogens is 417 g/mol. The minimum atomic E-state index is -0.484. The standard InChI is InChI=1S/C19H23Cl2N5O3/c1-4-11-9-13(18(28)29-3)25-19(24-11)26-7-5-12(6-8-26)23-17(27)16-15(21)14(20)10(2)22-16/h9,12,22H,4-8H2,1-3H3,(H,23,27). The fourth-order valence-electron chi connectivity index (χ4n) is 3.22. The molecule has 10 heteroatoms. The summed E-state index contributed by atoms with van der Waals surface area (Å²) in [6.07, 6.45) is 2.11. The van der Waals surface area contributed by atoms with Gasteiger partial charge < -0.3 is 19.9 Å². The normalized spacial score (nSPS) is 14.7. The number of halogens is 2. The summed E-state index contributed by atoms with van der Waals surface area (Å²) in [7, 11) is 1.33. The van der Waals surface area contributed by atoms with Crippen LogP contribution in [-0.2, 0) is 11.2 Å². The van der Waals surface area contributed by atoms with Gasteiger partial charge in [0.2, 0.25) is 5.95 Å². The third-order valence-electron chi connectivity index (χ3n) is 4.92. The molecule has 8 nitrogen and oxygen atoms in total. The molecule has 0 aromatic carbocycles. The molecule has 0 unspecified atom stereocenters. The number of aromatic nitrogens is 3. The van der Waals surface area contributed by atoms with Crippen LogP contribution >= 0.6 is 23.2 Å². The number of hydrogen-bond acceptors (Lipinski definition) is 6. The maximum atomic E-state index is 12.5. The smallest absolute Gasteiger partial charge is 0.356 e. The van der Waals surface area contributed by atoms with Gasteiger partial charge in [-0.25, -0.2) is 14.8 Å². The number of ether oxygens (including phenoxy) is 1. The number of anilines is 1. The van der Waals surface area contributed by atoms with Crippen molar-refractivity contribution >= 4 is 41.0 Å². The first-order chi connectivity index (χ1) is 13.8. The summed E-state index contributed by atoms with van der Waals surface area (Å²) in [6, 6.07) is 1.64. The van der Waals surface area contributed by atoms with E-state index in [1.165, 1.54) is 7.11 Å². The molecule has 1 amide bonds. The number of aromatic amines is 1. The molecule has 156 valence electrons. The minimum Gasteiger partial charge on any atom is -0.464 e. The number of carbonyl (C=O) groups excluding carboxylic acids is 2. The SMILES string of the molecule is CCc1cc(C(=O)OC)nc(N2CCC(NC(=O)c3[nH]c(C)c(Cl)c3Cl)CC2)n1. The molecule has 29 heavy (non-hydrogen) atoms. The first kappa shape index (κ1) is 21.4. The van der Waals surface area contributed by atoms with E-state index >= 15 is 0 Å². The first-order valence-electron chi connectivity index (χ1n) is 9.39. The fourth-order valence-corrected chi connectivity index (χ4v) is 3.64. The Bertz CT molecular complexity index is 923. The fraction of sp³-hybridized carbons (Fsp3) is 0.474. The molecule has 2 aromatic rings. The number of esters is 1. The van der Waals surface area contributed by atoms with E-state index in [0.29, 0.717) is 49.0 Å². The van der Waals surface area contributed by atoms with Crippen molar-refractivity contribution in [3.8, 4) is 0 Å². The molecule has 0 atom stereocenters. The van der Waals surface area contributed by atoms with Crippen molar-refractivity contribution < 1.29 is 14.3 Å². The molecule has 2 N–H and O–H groups in total. The van der Waals surface area contributed by atoms with Crippen LogP contribution in [-0.4, -0.2) is 53.1 Å². The highest BCUT2D eigenvalue weighted by Gasteiger charge is 2.26. The van der Waals surface area contributed by atoms with Crippen LogP contribution in [0.2, 0.25) is 10.0 Å². The van der Waals surface area contributed by atoms with Crippen LogP contribution in [0, 0.1) is 6.92 Å². The van der Waals surface area contributed by atoms with Gasteiger partial charge in [0, 0.05) is 30.5 Å². The Morgan fingerprint density at radius 1 is 1.28 bits per heavy atom. The maximum Gasteiger partial charge on any atom is 0.356 e.